The molecule has 0 bridgehead atoms. The van der Waals surface area contributed by atoms with Crippen molar-refractivity contribution in [1.82, 2.24) is 4.90 Å². The highest BCUT2D eigenvalue weighted by Crippen LogP contribution is 2.43. The number of halogens is 3. The van der Waals surface area contributed by atoms with E-state index < -0.39 is 38.3 Å². The fourth-order valence-electron chi connectivity index (χ4n) is 5.82. The molecule has 0 N–H and O–H groups in total. The zero-order valence-corrected chi connectivity index (χ0v) is 25.6. The van der Waals surface area contributed by atoms with Crippen molar-refractivity contribution in [3.63, 3.8) is 0 Å². The molecule has 2 aliphatic rings. The Hall–Kier alpha value is -3.56. The molecule has 0 unspecified atom stereocenters. The summed E-state index contributed by atoms with van der Waals surface area (Å²) in [7, 11) is -4.45. The highest BCUT2D eigenvalue weighted by atomic mass is 32.2. The molecule has 232 valence electrons. The number of hydrogen-bond acceptors (Lipinski definition) is 6. The van der Waals surface area contributed by atoms with Gasteiger partial charge in [0.05, 0.1) is 46.1 Å². The summed E-state index contributed by atoms with van der Waals surface area (Å²) in [6, 6.07) is 10.7. The SMILES string of the molecule is CC/C=C(\CC(C)(C)OCC)c1ccc2c(c1)N(S(=O)(=O)c1cccc(C(F)(F)F)c1)C[C@@H]1CN(C(=O)CC#N)CCN21. The van der Waals surface area contributed by atoms with Gasteiger partial charge >= 0.3 is 6.18 Å². The first-order chi connectivity index (χ1) is 20.2. The molecule has 1 saturated heterocycles. The third kappa shape index (κ3) is 6.99. The summed E-state index contributed by atoms with van der Waals surface area (Å²) in [6.07, 6.45) is -1.63. The van der Waals surface area contributed by atoms with Crippen LogP contribution in [0.1, 0.15) is 58.1 Å². The van der Waals surface area contributed by atoms with Gasteiger partial charge in [0.15, 0.2) is 0 Å². The normalized spacial score (nSPS) is 17.8. The Kier molecular flexibility index (Phi) is 9.47. The average Bonchev–Trinajstić information content (AvgIpc) is 2.95. The molecule has 1 atom stereocenters. The van der Waals surface area contributed by atoms with E-state index in [9.17, 15) is 26.4 Å². The van der Waals surface area contributed by atoms with E-state index >= 15 is 0 Å². The monoisotopic (exact) mass is 618 g/mol. The zero-order chi connectivity index (χ0) is 31.6. The number of carbonyl (C=O) groups is 1. The number of piperazine rings is 1. The number of hydrogen-bond donors (Lipinski definition) is 0. The van der Waals surface area contributed by atoms with Crippen LogP contribution in [0, 0.1) is 11.3 Å². The Morgan fingerprint density at radius 2 is 1.84 bits per heavy atom. The van der Waals surface area contributed by atoms with E-state index in [2.05, 4.69) is 6.08 Å². The van der Waals surface area contributed by atoms with Crippen LogP contribution in [0.3, 0.4) is 0 Å². The summed E-state index contributed by atoms with van der Waals surface area (Å²) < 4.78 is 76.0. The van der Waals surface area contributed by atoms with Crippen molar-refractivity contribution in [3.8, 4) is 6.07 Å². The zero-order valence-electron chi connectivity index (χ0n) is 24.8. The van der Waals surface area contributed by atoms with Gasteiger partial charge in [-0.2, -0.15) is 18.4 Å². The summed E-state index contributed by atoms with van der Waals surface area (Å²) in [5.74, 6) is -0.346. The van der Waals surface area contributed by atoms with Crippen molar-refractivity contribution in [2.45, 2.75) is 69.7 Å². The molecule has 2 heterocycles. The number of nitrogens with zero attached hydrogens (tertiary/aromatic N) is 4. The number of ether oxygens (including phenoxy) is 1. The van der Waals surface area contributed by atoms with Crippen molar-refractivity contribution in [3.05, 3.63) is 59.7 Å². The fourth-order valence-corrected chi connectivity index (χ4v) is 7.37. The number of sulfonamides is 1. The molecule has 0 aliphatic carbocycles. The second kappa shape index (κ2) is 12.6. The number of anilines is 2. The van der Waals surface area contributed by atoms with Crippen LogP contribution in [0.25, 0.3) is 5.57 Å². The van der Waals surface area contributed by atoms with Gasteiger partial charge in [-0.05, 0) is 68.7 Å². The van der Waals surface area contributed by atoms with Crippen molar-refractivity contribution in [2.24, 2.45) is 0 Å². The summed E-state index contributed by atoms with van der Waals surface area (Å²) in [5, 5.41) is 9.01. The second-order valence-corrected chi connectivity index (χ2v) is 13.2. The highest BCUT2D eigenvalue weighted by molar-refractivity contribution is 7.92. The molecular weight excluding hydrogens is 581 g/mol. The Balaban J connectivity index is 1.83. The molecule has 43 heavy (non-hydrogen) atoms. The molecular formula is C31H37F3N4O4S. The minimum absolute atomic E-state index is 0.0807. The molecule has 12 heteroatoms. The number of benzene rings is 2. The number of nitriles is 1. The lowest BCUT2D eigenvalue weighted by atomic mass is 9.91. The predicted octanol–water partition coefficient (Wildman–Crippen LogP) is 5.84. The number of fused-ring (bicyclic) bond motifs is 3. The van der Waals surface area contributed by atoms with Crippen LogP contribution in [0.15, 0.2) is 53.4 Å². The van der Waals surface area contributed by atoms with Gasteiger partial charge in [-0.25, -0.2) is 8.42 Å². The van der Waals surface area contributed by atoms with E-state index in [4.69, 9.17) is 10.00 Å². The van der Waals surface area contributed by atoms with Gasteiger partial charge in [0, 0.05) is 32.7 Å². The maximum Gasteiger partial charge on any atom is 0.416 e. The molecule has 1 fully saturated rings. The van der Waals surface area contributed by atoms with Gasteiger partial charge in [0.25, 0.3) is 10.0 Å². The maximum atomic E-state index is 14.1. The van der Waals surface area contributed by atoms with E-state index in [1.165, 1.54) is 4.90 Å². The van der Waals surface area contributed by atoms with Gasteiger partial charge < -0.3 is 14.5 Å². The predicted molar refractivity (Wildman–Crippen MR) is 159 cm³/mol. The van der Waals surface area contributed by atoms with Crippen LogP contribution in [-0.4, -0.2) is 63.7 Å². The Bertz CT molecular complexity index is 1530. The van der Waals surface area contributed by atoms with Crippen LogP contribution >= 0.6 is 0 Å². The molecule has 0 radical (unpaired) electrons. The summed E-state index contributed by atoms with van der Waals surface area (Å²) in [5.41, 5.74) is 1.20. The first kappa shape index (κ1) is 32.4. The van der Waals surface area contributed by atoms with Crippen LogP contribution in [0.2, 0.25) is 0 Å². The van der Waals surface area contributed by atoms with Crippen molar-refractivity contribution >= 4 is 32.9 Å². The second-order valence-electron chi connectivity index (χ2n) is 11.3. The summed E-state index contributed by atoms with van der Waals surface area (Å²) in [6.45, 7) is 9.31. The first-order valence-corrected chi connectivity index (χ1v) is 15.7. The maximum absolute atomic E-state index is 14.1. The summed E-state index contributed by atoms with van der Waals surface area (Å²) >= 11 is 0. The Morgan fingerprint density at radius 3 is 2.49 bits per heavy atom. The Morgan fingerprint density at radius 1 is 1.09 bits per heavy atom. The smallest absolute Gasteiger partial charge is 0.376 e. The largest absolute Gasteiger partial charge is 0.416 e. The van der Waals surface area contributed by atoms with Gasteiger partial charge in [0.1, 0.15) is 6.42 Å². The van der Waals surface area contributed by atoms with Gasteiger partial charge in [-0.3, -0.25) is 9.10 Å². The van der Waals surface area contributed by atoms with Crippen molar-refractivity contribution < 1.29 is 31.1 Å². The quantitative estimate of drug-likeness (QED) is 0.351. The molecule has 1 amide bonds. The number of allylic oxidation sites excluding steroid dienone is 1. The lowest BCUT2D eigenvalue weighted by molar-refractivity contribution is -0.137. The van der Waals surface area contributed by atoms with Crippen molar-refractivity contribution in [2.75, 3.05) is 42.0 Å². The van der Waals surface area contributed by atoms with Crippen LogP contribution in [0.5, 0.6) is 0 Å². The molecule has 2 aliphatic heterocycles. The molecule has 0 spiro atoms. The minimum atomic E-state index is -4.71. The van der Waals surface area contributed by atoms with Gasteiger partial charge in [-0.15, -0.1) is 0 Å². The fraction of sp³-hybridized carbons (Fsp3) is 0.484. The third-order valence-corrected chi connectivity index (χ3v) is 9.49. The molecule has 8 nitrogen and oxygen atoms in total. The number of amides is 1. The number of rotatable bonds is 9. The van der Waals surface area contributed by atoms with E-state index in [-0.39, 0.29) is 25.4 Å². The van der Waals surface area contributed by atoms with E-state index in [0.717, 1.165) is 40.1 Å². The number of carbonyl (C=O) groups excluding carboxylic acids is 1. The molecule has 2 aromatic rings. The van der Waals surface area contributed by atoms with Crippen LogP contribution < -0.4 is 9.21 Å². The Labute approximate surface area is 251 Å². The molecule has 4 rings (SSSR count). The lowest BCUT2D eigenvalue weighted by Crippen LogP contribution is -2.61. The van der Waals surface area contributed by atoms with E-state index in [1.807, 2.05) is 50.8 Å². The molecule has 0 aromatic heterocycles. The van der Waals surface area contributed by atoms with Gasteiger partial charge in [0.2, 0.25) is 5.91 Å². The van der Waals surface area contributed by atoms with E-state index in [1.54, 1.807) is 6.07 Å². The minimum Gasteiger partial charge on any atom is -0.376 e. The van der Waals surface area contributed by atoms with Crippen LogP contribution in [0.4, 0.5) is 24.5 Å². The van der Waals surface area contributed by atoms with Crippen molar-refractivity contribution in [1.29, 1.82) is 5.26 Å². The van der Waals surface area contributed by atoms with E-state index in [0.29, 0.717) is 43.6 Å². The lowest BCUT2D eigenvalue weighted by Gasteiger charge is -2.49. The van der Waals surface area contributed by atoms with Gasteiger partial charge in [-0.1, -0.05) is 25.1 Å². The summed E-state index contributed by atoms with van der Waals surface area (Å²) in [4.78, 5) is 15.6. The first-order valence-electron chi connectivity index (χ1n) is 14.3. The molecule has 2 aromatic carbocycles. The van der Waals surface area contributed by atoms with Crippen LogP contribution in [-0.2, 0) is 25.7 Å². The average molecular weight is 619 g/mol. The standard InChI is InChI=1S/C31H37F3N4O4S/c1-5-8-23(19-30(3,4)42-6-2)22-11-12-27-28(17-22)38(21-25-20-36(15-16-37(25)27)29(39)13-14-35)43(40,41)26-10-7-9-24(18-26)31(32,33)34/h7-12,17-18,25H,5-6,13,15-16,19-21H2,1-4H3/b23-8+/t25-/m0/s1. The number of alkyl halides is 3. The highest BCUT2D eigenvalue weighted by Gasteiger charge is 2.41. The third-order valence-electron chi connectivity index (χ3n) is 7.72. The topological polar surface area (TPSA) is 94.0 Å². The molecule has 0 saturated carbocycles.